The maximum absolute atomic E-state index is 13.1. The van der Waals surface area contributed by atoms with Crippen molar-refractivity contribution >= 4 is 39.2 Å². The Bertz CT molecular complexity index is 1370. The minimum atomic E-state index is -3.81. The van der Waals surface area contributed by atoms with Crippen LogP contribution in [0.25, 0.3) is 0 Å². The van der Waals surface area contributed by atoms with Crippen molar-refractivity contribution in [3.05, 3.63) is 59.2 Å². The molecule has 4 fully saturated rings. The van der Waals surface area contributed by atoms with Gasteiger partial charge >= 0.3 is 11.9 Å². The summed E-state index contributed by atoms with van der Waals surface area (Å²) in [5.41, 5.74) is 1.96. The number of methoxy groups -OCH3 is 2. The Morgan fingerprint density at radius 3 is 1.97 bits per heavy atom. The Morgan fingerprint density at radius 1 is 0.897 bits per heavy atom. The molecule has 208 valence electrons. The average Bonchev–Trinajstić information content (AvgIpc) is 2.89. The highest BCUT2D eigenvalue weighted by Gasteiger charge is 2.51. The number of esters is 2. The molecule has 0 aliphatic heterocycles. The number of benzene rings is 2. The molecule has 0 unspecified atom stereocenters. The lowest BCUT2D eigenvalue weighted by molar-refractivity contribution is -0.114. The number of hydrogen-bond donors (Lipinski definition) is 1. The van der Waals surface area contributed by atoms with Gasteiger partial charge in [-0.15, -0.1) is 0 Å². The van der Waals surface area contributed by atoms with Crippen molar-refractivity contribution in [2.75, 3.05) is 36.6 Å². The van der Waals surface area contributed by atoms with Crippen LogP contribution in [0, 0.1) is 17.8 Å². The van der Waals surface area contributed by atoms with Crippen LogP contribution in [0.15, 0.2) is 42.5 Å². The zero-order valence-corrected chi connectivity index (χ0v) is 23.3. The van der Waals surface area contributed by atoms with Crippen molar-refractivity contribution in [3.8, 4) is 0 Å². The number of carbonyl (C=O) groups excluding carboxylic acids is 3. The fourth-order valence-corrected chi connectivity index (χ4v) is 8.20. The van der Waals surface area contributed by atoms with Crippen molar-refractivity contribution in [2.45, 2.75) is 43.9 Å². The molecule has 2 aromatic carbocycles. The highest BCUT2D eigenvalue weighted by molar-refractivity contribution is 7.92. The van der Waals surface area contributed by atoms with Crippen LogP contribution in [0.2, 0.25) is 0 Å². The van der Waals surface area contributed by atoms with Crippen molar-refractivity contribution in [3.63, 3.8) is 0 Å². The van der Waals surface area contributed by atoms with Crippen LogP contribution in [0.3, 0.4) is 0 Å². The highest BCUT2D eigenvalue weighted by atomic mass is 32.2. The van der Waals surface area contributed by atoms with Crippen LogP contribution < -0.4 is 9.62 Å². The van der Waals surface area contributed by atoms with E-state index in [1.54, 1.807) is 12.1 Å². The van der Waals surface area contributed by atoms with Crippen LogP contribution in [0.4, 0.5) is 11.4 Å². The van der Waals surface area contributed by atoms with E-state index in [-0.39, 0.29) is 22.2 Å². The first-order valence-corrected chi connectivity index (χ1v) is 15.0. The molecule has 4 aliphatic rings. The molecule has 0 atom stereocenters. The van der Waals surface area contributed by atoms with Gasteiger partial charge in [-0.3, -0.25) is 9.10 Å². The fourth-order valence-electron chi connectivity index (χ4n) is 7.35. The fraction of sp³-hybridized carbons (Fsp3) is 0.483. The molecule has 4 aliphatic carbocycles. The van der Waals surface area contributed by atoms with Gasteiger partial charge < -0.3 is 14.8 Å². The topological polar surface area (TPSA) is 119 Å². The average molecular weight is 555 g/mol. The molecule has 0 radical (unpaired) electrons. The predicted octanol–water partition coefficient (Wildman–Crippen LogP) is 4.13. The van der Waals surface area contributed by atoms with Gasteiger partial charge in [0.1, 0.15) is 6.54 Å². The van der Waals surface area contributed by atoms with Gasteiger partial charge in [0.15, 0.2) is 0 Å². The predicted molar refractivity (Wildman–Crippen MR) is 146 cm³/mol. The number of nitrogens with zero attached hydrogens (tertiary/aromatic N) is 1. The minimum Gasteiger partial charge on any atom is -0.465 e. The second-order valence-corrected chi connectivity index (χ2v) is 13.2. The van der Waals surface area contributed by atoms with Gasteiger partial charge in [0.2, 0.25) is 15.9 Å². The van der Waals surface area contributed by atoms with E-state index in [4.69, 9.17) is 9.47 Å². The number of rotatable bonds is 8. The summed E-state index contributed by atoms with van der Waals surface area (Å²) in [6, 6.07) is 11.6. The summed E-state index contributed by atoms with van der Waals surface area (Å²) in [7, 11) is -1.40. The molecule has 0 saturated heterocycles. The molecule has 0 heterocycles. The molecular formula is C29H34N2O7S. The smallest absolute Gasteiger partial charge is 0.339 e. The number of ether oxygens (including phenoxy) is 2. The molecule has 1 N–H and O–H groups in total. The summed E-state index contributed by atoms with van der Waals surface area (Å²) in [6.07, 6.45) is 8.67. The zero-order valence-electron chi connectivity index (χ0n) is 22.4. The first kappa shape index (κ1) is 27.2. The van der Waals surface area contributed by atoms with Crippen molar-refractivity contribution in [1.82, 2.24) is 0 Å². The van der Waals surface area contributed by atoms with Crippen LogP contribution in [-0.4, -0.2) is 53.3 Å². The monoisotopic (exact) mass is 554 g/mol. The standard InChI is InChI=1S/C29H34N2O7S/c1-37-27(33)21-4-9-24(28(34)38-2)25(13-21)30-26(32)17-31(39(3,35)36)23-7-5-22(6-8-23)29-14-18-10-19(15-29)12-20(11-18)16-29/h4-9,13,18-20H,10-12,14-17H2,1-3H3,(H,30,32). The summed E-state index contributed by atoms with van der Waals surface area (Å²) in [4.78, 5) is 37.3. The molecular weight excluding hydrogens is 520 g/mol. The SMILES string of the molecule is COC(=O)c1ccc(C(=O)OC)c(NC(=O)CN(c2ccc(C34CC5CC(CC(C5)C3)C4)cc2)S(C)(=O)=O)c1. The number of anilines is 2. The van der Waals surface area contributed by atoms with Crippen LogP contribution in [0.1, 0.15) is 64.8 Å². The largest absolute Gasteiger partial charge is 0.465 e. The molecule has 0 spiro atoms. The second-order valence-electron chi connectivity index (χ2n) is 11.3. The molecule has 1 amide bonds. The molecule has 6 rings (SSSR count). The van der Waals surface area contributed by atoms with Gasteiger partial charge in [0.05, 0.1) is 43.0 Å². The van der Waals surface area contributed by atoms with E-state index in [1.165, 1.54) is 76.5 Å². The third-order valence-electron chi connectivity index (χ3n) is 8.61. The highest BCUT2D eigenvalue weighted by Crippen LogP contribution is 2.60. The number of sulfonamides is 1. The van der Waals surface area contributed by atoms with E-state index >= 15 is 0 Å². The van der Waals surface area contributed by atoms with Crippen molar-refractivity contribution in [2.24, 2.45) is 17.8 Å². The summed E-state index contributed by atoms with van der Waals surface area (Å²) in [6.45, 7) is -0.515. The molecule has 10 heteroatoms. The van der Waals surface area contributed by atoms with Crippen LogP contribution in [0.5, 0.6) is 0 Å². The summed E-state index contributed by atoms with van der Waals surface area (Å²) < 4.78 is 36.0. The lowest BCUT2D eigenvalue weighted by atomic mass is 9.48. The quantitative estimate of drug-likeness (QED) is 0.487. The van der Waals surface area contributed by atoms with E-state index in [2.05, 4.69) is 5.32 Å². The lowest BCUT2D eigenvalue weighted by Gasteiger charge is -2.57. The summed E-state index contributed by atoms with van der Waals surface area (Å²) >= 11 is 0. The Labute approximate surface area is 228 Å². The minimum absolute atomic E-state index is 0.0142. The normalized spacial score (nSPS) is 25.2. The van der Waals surface area contributed by atoms with Crippen LogP contribution in [-0.2, 0) is 29.7 Å². The molecule has 0 aromatic heterocycles. The maximum atomic E-state index is 13.1. The lowest BCUT2D eigenvalue weighted by Crippen LogP contribution is -2.48. The number of carbonyl (C=O) groups is 3. The van der Waals surface area contributed by atoms with Gasteiger partial charge in [-0.2, -0.15) is 0 Å². The van der Waals surface area contributed by atoms with Crippen molar-refractivity contribution < 1.29 is 32.3 Å². The second kappa shape index (κ2) is 10.3. The number of hydrogen-bond acceptors (Lipinski definition) is 7. The first-order chi connectivity index (χ1) is 18.5. The van der Waals surface area contributed by atoms with Crippen molar-refractivity contribution in [1.29, 1.82) is 0 Å². The van der Waals surface area contributed by atoms with Crippen LogP contribution >= 0.6 is 0 Å². The molecule has 9 nitrogen and oxygen atoms in total. The van der Waals surface area contributed by atoms with E-state index in [0.29, 0.717) is 5.69 Å². The Kier molecular flexibility index (Phi) is 7.17. The Hall–Kier alpha value is -3.40. The van der Waals surface area contributed by atoms with E-state index in [9.17, 15) is 22.8 Å². The third kappa shape index (κ3) is 5.39. The van der Waals surface area contributed by atoms with Gasteiger partial charge in [0, 0.05) is 0 Å². The van der Waals surface area contributed by atoms with E-state index in [0.717, 1.165) is 28.3 Å². The Morgan fingerprint density at radius 2 is 1.46 bits per heavy atom. The van der Waals surface area contributed by atoms with E-state index < -0.39 is 34.4 Å². The Balaban J connectivity index is 1.37. The molecule has 4 saturated carbocycles. The van der Waals surface area contributed by atoms with E-state index in [1.807, 2.05) is 12.1 Å². The molecule has 39 heavy (non-hydrogen) atoms. The maximum Gasteiger partial charge on any atom is 0.339 e. The van der Waals surface area contributed by atoms with Gasteiger partial charge in [0.25, 0.3) is 0 Å². The number of nitrogens with one attached hydrogen (secondary N) is 1. The molecule has 2 aromatic rings. The van der Waals surface area contributed by atoms with Gasteiger partial charge in [-0.25, -0.2) is 18.0 Å². The van der Waals surface area contributed by atoms with Gasteiger partial charge in [-0.1, -0.05) is 12.1 Å². The molecule has 4 bridgehead atoms. The third-order valence-corrected chi connectivity index (χ3v) is 9.75. The zero-order chi connectivity index (χ0) is 27.9. The van der Waals surface area contributed by atoms with Gasteiger partial charge in [-0.05, 0) is 97.6 Å². The summed E-state index contributed by atoms with van der Waals surface area (Å²) in [5.74, 6) is 0.317. The summed E-state index contributed by atoms with van der Waals surface area (Å²) in [5, 5.41) is 2.56. The number of amides is 1. The first-order valence-electron chi connectivity index (χ1n) is 13.2.